The van der Waals surface area contributed by atoms with Crippen molar-refractivity contribution in [1.29, 1.82) is 0 Å². The lowest BCUT2D eigenvalue weighted by atomic mass is 9.97. The number of piperidine rings is 1. The van der Waals surface area contributed by atoms with E-state index in [2.05, 4.69) is 66.2 Å². The van der Waals surface area contributed by atoms with Crippen molar-refractivity contribution in [3.05, 3.63) is 36.0 Å². The maximum absolute atomic E-state index is 6.09. The molecule has 2 aliphatic rings. The number of fused-ring (bicyclic) bond motifs is 2. The van der Waals surface area contributed by atoms with E-state index in [4.69, 9.17) is 9.72 Å². The number of likely N-dealkylation sites (N-methyl/N-ethyl adjacent to an activating group) is 1. The first-order valence-electron chi connectivity index (χ1n) is 9.79. The molecular formula is C21H30N4O. The number of nitrogens with zero attached hydrogens (tertiary/aromatic N) is 4. The maximum Gasteiger partial charge on any atom is 0.135 e. The molecule has 5 nitrogen and oxygen atoms in total. The molecule has 2 aliphatic heterocycles. The summed E-state index contributed by atoms with van der Waals surface area (Å²) in [5.74, 6) is 1.04. The van der Waals surface area contributed by atoms with Crippen LogP contribution in [0.15, 0.2) is 30.5 Å². The fraction of sp³-hybridized carbons (Fsp3) is 0.571. The van der Waals surface area contributed by atoms with Crippen LogP contribution in [0.5, 0.6) is 0 Å². The molecule has 2 aromatic rings. The van der Waals surface area contributed by atoms with Crippen molar-refractivity contribution in [2.24, 2.45) is 0 Å². The van der Waals surface area contributed by atoms with Crippen LogP contribution in [-0.2, 0) is 11.3 Å². The van der Waals surface area contributed by atoms with Gasteiger partial charge >= 0.3 is 0 Å². The zero-order chi connectivity index (χ0) is 18.1. The zero-order valence-electron chi connectivity index (χ0n) is 16.2. The van der Waals surface area contributed by atoms with Gasteiger partial charge in [-0.3, -0.25) is 4.90 Å². The highest BCUT2D eigenvalue weighted by molar-refractivity contribution is 5.94. The first-order chi connectivity index (χ1) is 12.7. The fourth-order valence-electron chi connectivity index (χ4n) is 4.43. The van der Waals surface area contributed by atoms with Gasteiger partial charge in [0.1, 0.15) is 5.82 Å². The Bertz CT molecular complexity index is 763. The number of hydrogen-bond acceptors (Lipinski definition) is 5. The van der Waals surface area contributed by atoms with Gasteiger partial charge in [0.15, 0.2) is 0 Å². The van der Waals surface area contributed by atoms with Crippen molar-refractivity contribution >= 4 is 16.6 Å². The molecule has 4 rings (SSSR count). The van der Waals surface area contributed by atoms with E-state index in [0.717, 1.165) is 51.6 Å². The third kappa shape index (κ3) is 3.31. The summed E-state index contributed by atoms with van der Waals surface area (Å²) < 4.78 is 6.09. The Hall–Kier alpha value is -1.69. The maximum atomic E-state index is 6.09. The third-order valence-electron chi connectivity index (χ3n) is 5.88. The standard InChI is InChI=1S/C21H30N4O/c1-4-24-10-9-20-19(15-24)25(11-12-26-20)14-16-13-22-21(23(2)3)18-8-6-5-7-17(16)18/h5-8,13,19-20H,4,9-12,14-15H2,1-3H3/t19-,20+/m0/s1. The number of morpholine rings is 1. The van der Waals surface area contributed by atoms with E-state index in [-0.39, 0.29) is 0 Å². The Labute approximate surface area is 156 Å². The van der Waals surface area contributed by atoms with Gasteiger partial charge in [0.2, 0.25) is 0 Å². The number of anilines is 1. The highest BCUT2D eigenvalue weighted by atomic mass is 16.5. The Morgan fingerprint density at radius 3 is 2.77 bits per heavy atom. The van der Waals surface area contributed by atoms with Gasteiger partial charge in [-0.2, -0.15) is 0 Å². The molecular weight excluding hydrogens is 324 g/mol. The van der Waals surface area contributed by atoms with E-state index in [9.17, 15) is 0 Å². The summed E-state index contributed by atoms with van der Waals surface area (Å²) in [6, 6.07) is 9.14. The molecule has 3 heterocycles. The Morgan fingerprint density at radius 1 is 1.19 bits per heavy atom. The molecule has 140 valence electrons. The van der Waals surface area contributed by atoms with Gasteiger partial charge < -0.3 is 14.5 Å². The van der Waals surface area contributed by atoms with Crippen molar-refractivity contribution in [2.75, 3.05) is 51.8 Å². The second-order valence-corrected chi connectivity index (χ2v) is 7.68. The van der Waals surface area contributed by atoms with Crippen LogP contribution in [0.3, 0.4) is 0 Å². The lowest BCUT2D eigenvalue weighted by molar-refractivity contribution is -0.105. The van der Waals surface area contributed by atoms with Crippen LogP contribution in [0.2, 0.25) is 0 Å². The summed E-state index contributed by atoms with van der Waals surface area (Å²) in [5.41, 5.74) is 1.32. The summed E-state index contributed by atoms with van der Waals surface area (Å²) in [6.45, 7) is 8.45. The van der Waals surface area contributed by atoms with Gasteiger partial charge in [0.25, 0.3) is 0 Å². The molecule has 2 fully saturated rings. The lowest BCUT2D eigenvalue weighted by Gasteiger charge is -2.47. The van der Waals surface area contributed by atoms with Crippen LogP contribution in [0.4, 0.5) is 5.82 Å². The smallest absolute Gasteiger partial charge is 0.135 e. The minimum atomic E-state index is 0.381. The molecule has 1 aromatic carbocycles. The summed E-state index contributed by atoms with van der Waals surface area (Å²) in [5, 5.41) is 2.55. The first kappa shape index (κ1) is 17.7. The summed E-state index contributed by atoms with van der Waals surface area (Å²) in [4.78, 5) is 12.0. The van der Waals surface area contributed by atoms with Crippen LogP contribution in [0.1, 0.15) is 18.9 Å². The molecule has 2 saturated heterocycles. The van der Waals surface area contributed by atoms with E-state index in [1.54, 1.807) is 0 Å². The molecule has 0 bridgehead atoms. The third-order valence-corrected chi connectivity index (χ3v) is 5.88. The normalized spacial score (nSPS) is 24.6. The van der Waals surface area contributed by atoms with Crippen molar-refractivity contribution in [2.45, 2.75) is 32.0 Å². The highest BCUT2D eigenvalue weighted by Crippen LogP contribution is 2.29. The van der Waals surface area contributed by atoms with Crippen molar-refractivity contribution in [3.63, 3.8) is 0 Å². The summed E-state index contributed by atoms with van der Waals surface area (Å²) in [7, 11) is 4.12. The summed E-state index contributed by atoms with van der Waals surface area (Å²) >= 11 is 0. The van der Waals surface area contributed by atoms with Gasteiger partial charge in [0, 0.05) is 57.9 Å². The SMILES string of the molecule is CCN1CC[C@H]2OCCN(Cc3cnc(N(C)C)c4ccccc34)[C@H]2C1. The van der Waals surface area contributed by atoms with Gasteiger partial charge in [-0.05, 0) is 23.9 Å². The minimum absolute atomic E-state index is 0.381. The van der Waals surface area contributed by atoms with Crippen LogP contribution in [0, 0.1) is 0 Å². The number of ether oxygens (including phenoxy) is 1. The predicted molar refractivity (Wildman–Crippen MR) is 107 cm³/mol. The van der Waals surface area contributed by atoms with Crippen LogP contribution < -0.4 is 4.90 Å². The van der Waals surface area contributed by atoms with Crippen molar-refractivity contribution in [3.8, 4) is 0 Å². The van der Waals surface area contributed by atoms with E-state index in [1.165, 1.54) is 16.3 Å². The number of pyridine rings is 1. The van der Waals surface area contributed by atoms with Crippen LogP contribution in [0.25, 0.3) is 10.8 Å². The molecule has 0 spiro atoms. The van der Waals surface area contributed by atoms with E-state index in [1.807, 2.05) is 0 Å². The molecule has 0 N–H and O–H groups in total. The largest absolute Gasteiger partial charge is 0.375 e. The van der Waals surface area contributed by atoms with Crippen LogP contribution >= 0.6 is 0 Å². The lowest BCUT2D eigenvalue weighted by Crippen LogP contribution is -2.59. The van der Waals surface area contributed by atoms with E-state index < -0.39 is 0 Å². The highest BCUT2D eigenvalue weighted by Gasteiger charge is 2.36. The minimum Gasteiger partial charge on any atom is -0.375 e. The Kier molecular flexibility index (Phi) is 5.11. The molecule has 0 unspecified atom stereocenters. The Morgan fingerprint density at radius 2 is 2.00 bits per heavy atom. The predicted octanol–water partition coefficient (Wildman–Crippen LogP) is 2.60. The average molecular weight is 354 g/mol. The summed E-state index contributed by atoms with van der Waals surface area (Å²) in [6.07, 6.45) is 3.60. The van der Waals surface area contributed by atoms with Crippen molar-refractivity contribution in [1.82, 2.24) is 14.8 Å². The molecule has 0 amide bonds. The number of rotatable bonds is 4. The number of aromatic nitrogens is 1. The second kappa shape index (κ2) is 7.51. The van der Waals surface area contributed by atoms with E-state index >= 15 is 0 Å². The van der Waals surface area contributed by atoms with Gasteiger partial charge in [-0.1, -0.05) is 31.2 Å². The average Bonchev–Trinajstić information content (AvgIpc) is 2.68. The number of benzene rings is 1. The molecule has 1 aromatic heterocycles. The fourth-order valence-corrected chi connectivity index (χ4v) is 4.43. The van der Waals surface area contributed by atoms with Gasteiger partial charge in [-0.25, -0.2) is 4.98 Å². The van der Waals surface area contributed by atoms with E-state index in [0.29, 0.717) is 12.1 Å². The molecule has 5 heteroatoms. The van der Waals surface area contributed by atoms with Gasteiger partial charge in [0.05, 0.1) is 12.7 Å². The Balaban J connectivity index is 1.63. The monoisotopic (exact) mass is 354 g/mol. The molecule has 0 radical (unpaired) electrons. The number of hydrogen-bond donors (Lipinski definition) is 0. The van der Waals surface area contributed by atoms with Gasteiger partial charge in [-0.15, -0.1) is 0 Å². The molecule has 0 saturated carbocycles. The van der Waals surface area contributed by atoms with Crippen LogP contribution in [-0.4, -0.2) is 73.8 Å². The number of likely N-dealkylation sites (tertiary alicyclic amines) is 1. The van der Waals surface area contributed by atoms with Crippen molar-refractivity contribution < 1.29 is 4.74 Å². The first-order valence-corrected chi connectivity index (χ1v) is 9.79. The zero-order valence-corrected chi connectivity index (χ0v) is 16.2. The molecule has 0 aliphatic carbocycles. The molecule has 26 heavy (non-hydrogen) atoms. The quantitative estimate of drug-likeness (QED) is 0.843. The second-order valence-electron chi connectivity index (χ2n) is 7.68. The topological polar surface area (TPSA) is 31.8 Å². The molecule has 2 atom stereocenters.